The fourth-order valence-electron chi connectivity index (χ4n) is 1.99. The van der Waals surface area contributed by atoms with Crippen LogP contribution in [0.25, 0.3) is 0 Å². The molecule has 0 aromatic carbocycles. The van der Waals surface area contributed by atoms with Gasteiger partial charge in [0.25, 0.3) is 0 Å². The highest BCUT2D eigenvalue weighted by Gasteiger charge is 2.27. The first kappa shape index (κ1) is 11.9. The monoisotopic (exact) mass is 238 g/mol. The fraction of sp³-hybridized carbons (Fsp3) is 0.727. The highest BCUT2D eigenvalue weighted by atomic mass is 16.6. The predicted octanol–water partition coefficient (Wildman–Crippen LogP) is 2.32. The molecule has 1 atom stereocenters. The first-order chi connectivity index (χ1) is 8.10. The third-order valence-corrected chi connectivity index (χ3v) is 3.15. The minimum atomic E-state index is -0.390. The summed E-state index contributed by atoms with van der Waals surface area (Å²) in [5.41, 5.74) is 0.0572. The lowest BCUT2D eigenvalue weighted by atomic mass is 10.1. The smallest absolute Gasteiger partial charge is 0.330 e. The van der Waals surface area contributed by atoms with Crippen molar-refractivity contribution in [3.05, 3.63) is 16.3 Å². The molecule has 0 amide bonds. The molecule has 6 nitrogen and oxygen atoms in total. The number of aryl methyl sites for hydroxylation is 1. The first-order valence-corrected chi connectivity index (χ1v) is 6.04. The van der Waals surface area contributed by atoms with Crippen LogP contribution in [0.15, 0.2) is 6.20 Å². The quantitative estimate of drug-likeness (QED) is 0.609. The van der Waals surface area contributed by atoms with E-state index >= 15 is 0 Å². The van der Waals surface area contributed by atoms with E-state index < -0.39 is 0 Å². The molecule has 0 saturated heterocycles. The Hall–Kier alpha value is -1.59. The summed E-state index contributed by atoms with van der Waals surface area (Å²) in [4.78, 5) is 10.5. The molecule has 17 heavy (non-hydrogen) atoms. The van der Waals surface area contributed by atoms with Crippen LogP contribution in [0.5, 0.6) is 0 Å². The summed E-state index contributed by atoms with van der Waals surface area (Å²) in [5, 5.41) is 18.2. The molecule has 0 aliphatic heterocycles. The molecule has 94 valence electrons. The van der Waals surface area contributed by atoms with Gasteiger partial charge in [0.05, 0.1) is 4.92 Å². The largest absolute Gasteiger partial charge is 0.360 e. The summed E-state index contributed by atoms with van der Waals surface area (Å²) in [6, 6.07) is 0.288. The number of nitrogens with one attached hydrogen (secondary N) is 1. The zero-order valence-corrected chi connectivity index (χ0v) is 10.2. The van der Waals surface area contributed by atoms with Gasteiger partial charge in [-0.1, -0.05) is 19.8 Å². The van der Waals surface area contributed by atoms with Gasteiger partial charge in [-0.15, -0.1) is 5.10 Å². The van der Waals surface area contributed by atoms with Crippen LogP contribution in [-0.2, 0) is 7.05 Å². The molecule has 1 unspecified atom stereocenters. The Morgan fingerprint density at radius 1 is 1.71 bits per heavy atom. The molecule has 1 aliphatic rings. The Bertz CT molecular complexity index is 412. The van der Waals surface area contributed by atoms with Gasteiger partial charge >= 0.3 is 5.69 Å². The molecule has 1 heterocycles. The third kappa shape index (κ3) is 2.95. The SMILES string of the molecule is CCC(CC1CC1)Nc1nn(C)cc1[N+](=O)[O-]. The molecule has 0 radical (unpaired) electrons. The van der Waals surface area contributed by atoms with Crippen molar-refractivity contribution < 1.29 is 4.92 Å². The molecule has 6 heteroatoms. The maximum atomic E-state index is 10.9. The zero-order valence-electron chi connectivity index (χ0n) is 10.2. The number of anilines is 1. The lowest BCUT2D eigenvalue weighted by Crippen LogP contribution is -2.20. The molecule has 0 spiro atoms. The van der Waals surface area contributed by atoms with Gasteiger partial charge in [-0.3, -0.25) is 14.8 Å². The van der Waals surface area contributed by atoms with E-state index in [2.05, 4.69) is 17.3 Å². The normalized spacial score (nSPS) is 16.8. The van der Waals surface area contributed by atoms with Gasteiger partial charge in [-0.05, 0) is 18.8 Å². The van der Waals surface area contributed by atoms with Crippen LogP contribution in [0.4, 0.5) is 11.5 Å². The van der Waals surface area contributed by atoms with Gasteiger partial charge in [0, 0.05) is 13.1 Å². The Morgan fingerprint density at radius 3 is 2.94 bits per heavy atom. The van der Waals surface area contributed by atoms with Crippen LogP contribution in [-0.4, -0.2) is 20.7 Å². The zero-order chi connectivity index (χ0) is 12.4. The van der Waals surface area contributed by atoms with Crippen molar-refractivity contribution in [1.29, 1.82) is 0 Å². The second-order valence-electron chi connectivity index (χ2n) is 4.72. The molecule has 1 N–H and O–H groups in total. The minimum absolute atomic E-state index is 0.0572. The molecule has 2 rings (SSSR count). The maximum absolute atomic E-state index is 10.9. The van der Waals surface area contributed by atoms with Gasteiger partial charge in [0.2, 0.25) is 5.82 Å². The topological polar surface area (TPSA) is 73.0 Å². The van der Waals surface area contributed by atoms with Crippen LogP contribution >= 0.6 is 0 Å². The molecule has 1 fully saturated rings. The fourth-order valence-corrected chi connectivity index (χ4v) is 1.99. The summed E-state index contributed by atoms with van der Waals surface area (Å²) in [5.74, 6) is 1.19. The van der Waals surface area contributed by atoms with Crippen LogP contribution in [0.1, 0.15) is 32.6 Å². The summed E-state index contributed by atoms with van der Waals surface area (Å²) in [7, 11) is 1.69. The Morgan fingerprint density at radius 2 is 2.41 bits per heavy atom. The first-order valence-electron chi connectivity index (χ1n) is 6.04. The van der Waals surface area contributed by atoms with Gasteiger partial charge in [-0.2, -0.15) is 0 Å². The average molecular weight is 238 g/mol. The summed E-state index contributed by atoms with van der Waals surface area (Å²) >= 11 is 0. The molecular formula is C11H18N4O2. The van der Waals surface area contributed by atoms with E-state index in [1.165, 1.54) is 23.7 Å². The third-order valence-electron chi connectivity index (χ3n) is 3.15. The lowest BCUT2D eigenvalue weighted by molar-refractivity contribution is -0.384. The van der Waals surface area contributed by atoms with E-state index in [-0.39, 0.29) is 16.7 Å². The van der Waals surface area contributed by atoms with Gasteiger partial charge in [0.15, 0.2) is 0 Å². The second-order valence-corrected chi connectivity index (χ2v) is 4.72. The van der Waals surface area contributed by atoms with Crippen molar-refractivity contribution in [2.45, 2.75) is 38.6 Å². The van der Waals surface area contributed by atoms with Crippen molar-refractivity contribution >= 4 is 11.5 Å². The molecule has 1 aliphatic carbocycles. The number of hydrogen-bond acceptors (Lipinski definition) is 4. The summed E-state index contributed by atoms with van der Waals surface area (Å²) in [6.45, 7) is 2.09. The number of hydrogen-bond donors (Lipinski definition) is 1. The van der Waals surface area contributed by atoms with E-state index in [0.29, 0.717) is 5.82 Å². The van der Waals surface area contributed by atoms with Crippen molar-refractivity contribution in [2.75, 3.05) is 5.32 Å². The maximum Gasteiger partial charge on any atom is 0.330 e. The summed E-state index contributed by atoms with van der Waals surface area (Å²) in [6.07, 6.45) is 6.08. The van der Waals surface area contributed by atoms with Gasteiger partial charge in [-0.25, -0.2) is 0 Å². The standard InChI is InChI=1S/C11H18N4O2/c1-3-9(6-8-4-5-8)12-11-10(15(16)17)7-14(2)13-11/h7-9H,3-6H2,1-2H3,(H,12,13). The van der Waals surface area contributed by atoms with E-state index in [1.807, 2.05) is 0 Å². The van der Waals surface area contributed by atoms with Crippen LogP contribution in [0.3, 0.4) is 0 Å². The van der Waals surface area contributed by atoms with Crippen molar-refractivity contribution in [3.63, 3.8) is 0 Å². The Labute approximate surface area is 100 Å². The molecule has 1 saturated carbocycles. The highest BCUT2D eigenvalue weighted by molar-refractivity contribution is 5.55. The number of nitrogens with zero attached hydrogens (tertiary/aromatic N) is 3. The summed E-state index contributed by atoms with van der Waals surface area (Å²) < 4.78 is 1.48. The van der Waals surface area contributed by atoms with Crippen LogP contribution in [0.2, 0.25) is 0 Å². The van der Waals surface area contributed by atoms with Crippen LogP contribution in [0, 0.1) is 16.0 Å². The highest BCUT2D eigenvalue weighted by Crippen LogP contribution is 2.35. The van der Waals surface area contributed by atoms with Gasteiger partial charge in [0.1, 0.15) is 6.20 Å². The lowest BCUT2D eigenvalue weighted by Gasteiger charge is -2.15. The average Bonchev–Trinajstić information content (AvgIpc) is 3.00. The van der Waals surface area contributed by atoms with Gasteiger partial charge < -0.3 is 5.32 Å². The number of nitro groups is 1. The van der Waals surface area contributed by atoms with E-state index in [1.54, 1.807) is 7.05 Å². The number of rotatable bonds is 6. The van der Waals surface area contributed by atoms with Crippen molar-refractivity contribution in [2.24, 2.45) is 13.0 Å². The molecule has 1 aromatic heterocycles. The molecule has 1 aromatic rings. The van der Waals surface area contributed by atoms with Crippen molar-refractivity contribution in [3.8, 4) is 0 Å². The Kier molecular flexibility index (Phi) is 3.31. The van der Waals surface area contributed by atoms with Crippen LogP contribution < -0.4 is 5.32 Å². The molecular weight excluding hydrogens is 220 g/mol. The van der Waals surface area contributed by atoms with E-state index in [0.717, 1.165) is 18.8 Å². The predicted molar refractivity (Wildman–Crippen MR) is 64.9 cm³/mol. The minimum Gasteiger partial charge on any atom is -0.360 e. The number of aromatic nitrogens is 2. The second kappa shape index (κ2) is 4.73. The van der Waals surface area contributed by atoms with E-state index in [4.69, 9.17) is 0 Å². The molecule has 0 bridgehead atoms. The van der Waals surface area contributed by atoms with E-state index in [9.17, 15) is 10.1 Å². The Balaban J connectivity index is 2.06. The van der Waals surface area contributed by atoms with Crippen molar-refractivity contribution in [1.82, 2.24) is 9.78 Å².